The van der Waals surface area contributed by atoms with E-state index in [1.165, 1.54) is 11.1 Å². The molecule has 164 valence electrons. The number of hydrogen-bond donors (Lipinski definition) is 0. The van der Waals surface area contributed by atoms with E-state index >= 15 is 0 Å². The molecule has 6 heteroatoms. The van der Waals surface area contributed by atoms with Gasteiger partial charge in [0.05, 0.1) is 25.4 Å². The van der Waals surface area contributed by atoms with Crippen LogP contribution in [0.15, 0.2) is 84.0 Å². The summed E-state index contributed by atoms with van der Waals surface area (Å²) in [5, 5.41) is 6.09. The van der Waals surface area contributed by atoms with Crippen molar-refractivity contribution in [3.05, 3.63) is 101 Å². The molecule has 0 radical (unpaired) electrons. The van der Waals surface area contributed by atoms with E-state index in [4.69, 9.17) is 4.74 Å². The van der Waals surface area contributed by atoms with Gasteiger partial charge in [0.2, 0.25) is 0 Å². The van der Waals surface area contributed by atoms with Crippen LogP contribution in [0.25, 0.3) is 0 Å². The van der Waals surface area contributed by atoms with Crippen LogP contribution < -0.4 is 4.74 Å². The summed E-state index contributed by atoms with van der Waals surface area (Å²) < 4.78 is 19.7. The Hall–Kier alpha value is -3.51. The fourth-order valence-corrected chi connectivity index (χ4v) is 3.94. The molecule has 0 spiro atoms. The van der Waals surface area contributed by atoms with E-state index in [0.29, 0.717) is 24.2 Å². The smallest absolute Gasteiger partial charge is 0.257 e. The number of hydrazone groups is 1. The molecule has 0 bridgehead atoms. The highest BCUT2D eigenvalue weighted by Crippen LogP contribution is 2.34. The van der Waals surface area contributed by atoms with E-state index in [2.05, 4.69) is 5.10 Å². The lowest BCUT2D eigenvalue weighted by Crippen LogP contribution is -2.36. The maximum atomic E-state index is 14.4. The van der Waals surface area contributed by atoms with Crippen molar-refractivity contribution in [2.24, 2.45) is 5.10 Å². The summed E-state index contributed by atoms with van der Waals surface area (Å²) in [5.41, 5.74) is 3.06. The molecule has 1 heterocycles. The van der Waals surface area contributed by atoms with Gasteiger partial charge in [0.15, 0.2) is 0 Å². The monoisotopic (exact) mass is 431 g/mol. The van der Waals surface area contributed by atoms with Gasteiger partial charge in [0, 0.05) is 18.5 Å². The van der Waals surface area contributed by atoms with Crippen LogP contribution in [0.5, 0.6) is 5.75 Å². The van der Waals surface area contributed by atoms with Gasteiger partial charge in [-0.25, -0.2) is 9.40 Å². The number of nitrogens with zero attached hydrogens (tertiary/aromatic N) is 3. The zero-order valence-corrected chi connectivity index (χ0v) is 18.2. The quantitative estimate of drug-likeness (QED) is 0.547. The van der Waals surface area contributed by atoms with Crippen molar-refractivity contribution in [3.63, 3.8) is 0 Å². The average molecular weight is 432 g/mol. The first-order valence-electron chi connectivity index (χ1n) is 10.6. The van der Waals surface area contributed by atoms with Gasteiger partial charge in [-0.2, -0.15) is 5.10 Å². The molecule has 3 aromatic carbocycles. The minimum Gasteiger partial charge on any atom is -0.497 e. The third-order valence-electron chi connectivity index (χ3n) is 5.55. The Balaban J connectivity index is 1.58. The maximum Gasteiger partial charge on any atom is 0.257 e. The lowest BCUT2D eigenvalue weighted by molar-refractivity contribution is -0.134. The zero-order chi connectivity index (χ0) is 22.5. The Morgan fingerprint density at radius 2 is 1.75 bits per heavy atom. The summed E-state index contributed by atoms with van der Waals surface area (Å²) in [6.45, 7) is 0.854. The number of benzene rings is 3. The number of likely N-dealkylation sites (N-methyl/N-ethyl adjacent to an activating group) is 1. The molecule has 1 aliphatic heterocycles. The van der Waals surface area contributed by atoms with E-state index in [1.54, 1.807) is 25.3 Å². The highest BCUT2D eigenvalue weighted by molar-refractivity contribution is 6.03. The minimum atomic E-state index is -0.338. The summed E-state index contributed by atoms with van der Waals surface area (Å²) in [4.78, 5) is 15.2. The van der Waals surface area contributed by atoms with Crippen LogP contribution in [0.2, 0.25) is 0 Å². The Morgan fingerprint density at radius 3 is 2.44 bits per heavy atom. The molecule has 0 saturated carbocycles. The van der Waals surface area contributed by atoms with Crippen LogP contribution in [0.3, 0.4) is 0 Å². The number of amides is 1. The van der Waals surface area contributed by atoms with Gasteiger partial charge in [-0.1, -0.05) is 60.7 Å². The third kappa shape index (κ3) is 4.86. The van der Waals surface area contributed by atoms with E-state index in [0.717, 1.165) is 16.9 Å². The first-order chi connectivity index (χ1) is 15.5. The minimum absolute atomic E-state index is 0.129. The zero-order valence-electron chi connectivity index (χ0n) is 18.2. The highest BCUT2D eigenvalue weighted by atomic mass is 19.1. The molecule has 1 amide bonds. The molecule has 1 aliphatic rings. The van der Waals surface area contributed by atoms with Crippen LogP contribution in [-0.4, -0.2) is 42.2 Å². The number of carbonyl (C=O) groups is 1. The van der Waals surface area contributed by atoms with Gasteiger partial charge >= 0.3 is 0 Å². The second-order valence-electron chi connectivity index (χ2n) is 7.92. The summed E-state index contributed by atoms with van der Waals surface area (Å²) >= 11 is 0. The van der Waals surface area contributed by atoms with E-state index < -0.39 is 0 Å². The lowest BCUT2D eigenvalue weighted by Gasteiger charge is -2.25. The molecule has 0 saturated heterocycles. The third-order valence-corrected chi connectivity index (χ3v) is 5.55. The molecule has 0 N–H and O–H groups in total. The number of rotatable bonds is 7. The fraction of sp³-hybridized carbons (Fsp3) is 0.231. The van der Waals surface area contributed by atoms with Crippen molar-refractivity contribution in [2.75, 3.05) is 20.7 Å². The number of methoxy groups -OCH3 is 1. The molecule has 0 aliphatic carbocycles. The fourth-order valence-electron chi connectivity index (χ4n) is 3.94. The normalized spacial score (nSPS) is 15.7. The topological polar surface area (TPSA) is 45.1 Å². The Bertz CT molecular complexity index is 1100. The van der Waals surface area contributed by atoms with Crippen molar-refractivity contribution in [1.82, 2.24) is 9.91 Å². The number of hydrogen-bond acceptors (Lipinski definition) is 4. The SMILES string of the molecule is COc1ccc([C@H]2CC(c3ccccc3F)=NN2C(=O)CN(C)Cc2ccccc2)cc1. The van der Waals surface area contributed by atoms with Crippen molar-refractivity contribution in [3.8, 4) is 5.75 Å². The van der Waals surface area contributed by atoms with Crippen molar-refractivity contribution < 1.29 is 13.9 Å². The number of ether oxygens (including phenoxy) is 1. The van der Waals surface area contributed by atoms with Crippen LogP contribution >= 0.6 is 0 Å². The first kappa shape index (κ1) is 21.7. The summed E-state index contributed by atoms with van der Waals surface area (Å²) in [5.74, 6) is 0.272. The molecular weight excluding hydrogens is 405 g/mol. The predicted molar refractivity (Wildman–Crippen MR) is 123 cm³/mol. The first-order valence-corrected chi connectivity index (χ1v) is 10.6. The van der Waals surface area contributed by atoms with Crippen molar-refractivity contribution in [2.45, 2.75) is 19.0 Å². The molecule has 5 nitrogen and oxygen atoms in total. The molecule has 0 aromatic heterocycles. The summed E-state index contributed by atoms with van der Waals surface area (Å²) in [6.07, 6.45) is 0.446. The Labute approximate surface area is 187 Å². The van der Waals surface area contributed by atoms with Gasteiger partial charge in [-0.3, -0.25) is 9.69 Å². The van der Waals surface area contributed by atoms with Crippen LogP contribution in [0.4, 0.5) is 4.39 Å². The Kier molecular flexibility index (Phi) is 6.61. The van der Waals surface area contributed by atoms with E-state index in [9.17, 15) is 9.18 Å². The highest BCUT2D eigenvalue weighted by Gasteiger charge is 2.34. The number of halogens is 1. The van der Waals surface area contributed by atoms with Crippen molar-refractivity contribution >= 4 is 11.6 Å². The lowest BCUT2D eigenvalue weighted by atomic mass is 9.98. The average Bonchev–Trinajstić information content (AvgIpc) is 3.25. The molecular formula is C26H26FN3O2. The molecule has 32 heavy (non-hydrogen) atoms. The molecule has 3 aromatic rings. The maximum absolute atomic E-state index is 14.4. The summed E-state index contributed by atoms with van der Waals surface area (Å²) in [6, 6.07) is 23.8. The Morgan fingerprint density at radius 1 is 1.06 bits per heavy atom. The molecule has 0 fully saturated rings. The molecule has 0 unspecified atom stereocenters. The van der Waals surface area contributed by atoms with Crippen LogP contribution in [0.1, 0.15) is 29.2 Å². The van der Waals surface area contributed by atoms with E-state index in [-0.39, 0.29) is 24.3 Å². The van der Waals surface area contributed by atoms with E-state index in [1.807, 2.05) is 66.5 Å². The van der Waals surface area contributed by atoms with Crippen LogP contribution in [0, 0.1) is 5.82 Å². The second kappa shape index (κ2) is 9.75. The molecule has 4 rings (SSSR count). The van der Waals surface area contributed by atoms with Gasteiger partial charge in [0.1, 0.15) is 11.6 Å². The van der Waals surface area contributed by atoms with Gasteiger partial charge in [0.25, 0.3) is 5.91 Å². The van der Waals surface area contributed by atoms with Gasteiger partial charge in [-0.05, 0) is 36.4 Å². The van der Waals surface area contributed by atoms with Crippen LogP contribution in [-0.2, 0) is 11.3 Å². The largest absolute Gasteiger partial charge is 0.497 e. The van der Waals surface area contributed by atoms with Gasteiger partial charge in [-0.15, -0.1) is 0 Å². The summed E-state index contributed by atoms with van der Waals surface area (Å²) in [7, 11) is 3.52. The second-order valence-corrected chi connectivity index (χ2v) is 7.92. The standard InChI is InChI=1S/C26H26FN3O2/c1-29(17-19-8-4-3-5-9-19)18-26(31)30-25(20-12-14-21(32-2)15-13-20)16-24(28-30)22-10-6-7-11-23(22)27/h3-15,25H,16-18H2,1-2H3/t25-/m1/s1. The van der Waals surface area contributed by atoms with Crippen molar-refractivity contribution in [1.29, 1.82) is 0 Å². The predicted octanol–water partition coefficient (Wildman–Crippen LogP) is 4.64. The number of carbonyl (C=O) groups excluding carboxylic acids is 1. The molecule has 1 atom stereocenters. The van der Waals surface area contributed by atoms with Gasteiger partial charge < -0.3 is 4.74 Å².